The quantitative estimate of drug-likeness (QED) is 0.893. The number of amides is 1. The third kappa shape index (κ3) is 2.24. The summed E-state index contributed by atoms with van der Waals surface area (Å²) >= 11 is 0. The van der Waals surface area contributed by atoms with Crippen LogP contribution in [0.2, 0.25) is 0 Å². The van der Waals surface area contributed by atoms with Gasteiger partial charge in [0.25, 0.3) is 5.91 Å². The van der Waals surface area contributed by atoms with E-state index in [2.05, 4.69) is 12.2 Å². The van der Waals surface area contributed by atoms with Crippen LogP contribution in [0.1, 0.15) is 36.5 Å². The van der Waals surface area contributed by atoms with Gasteiger partial charge in [-0.15, -0.1) is 0 Å². The molecule has 3 rings (SSSR count). The van der Waals surface area contributed by atoms with Crippen LogP contribution in [0.15, 0.2) is 36.4 Å². The molecule has 1 aliphatic carbocycles. The van der Waals surface area contributed by atoms with Crippen molar-refractivity contribution in [3.63, 3.8) is 0 Å². The molecule has 20 heavy (non-hydrogen) atoms. The van der Waals surface area contributed by atoms with Gasteiger partial charge < -0.3 is 10.4 Å². The first kappa shape index (κ1) is 13.0. The minimum Gasteiger partial charge on any atom is -0.506 e. The lowest BCUT2D eigenvalue weighted by molar-refractivity contribution is 0.0942. The number of fused-ring (bicyclic) bond motifs is 1. The second-order valence-corrected chi connectivity index (χ2v) is 5.72. The van der Waals surface area contributed by atoms with E-state index in [4.69, 9.17) is 0 Å². The van der Waals surface area contributed by atoms with Gasteiger partial charge in [-0.3, -0.25) is 4.79 Å². The highest BCUT2D eigenvalue weighted by molar-refractivity contribution is 6.03. The minimum atomic E-state index is -0.187. The van der Waals surface area contributed by atoms with Crippen molar-refractivity contribution in [3.8, 4) is 5.75 Å². The van der Waals surface area contributed by atoms with Crippen LogP contribution in [0.25, 0.3) is 10.8 Å². The third-order valence-electron chi connectivity index (χ3n) is 4.48. The molecule has 0 unspecified atom stereocenters. The number of phenolic OH excluding ortho intramolecular Hbond substituents is 1. The summed E-state index contributed by atoms with van der Waals surface area (Å²) < 4.78 is 0. The topological polar surface area (TPSA) is 49.3 Å². The zero-order valence-corrected chi connectivity index (χ0v) is 11.6. The smallest absolute Gasteiger partial charge is 0.255 e. The maximum atomic E-state index is 12.2. The average Bonchev–Trinajstić information content (AvgIpc) is 3.26. The first-order chi connectivity index (χ1) is 9.65. The van der Waals surface area contributed by atoms with Gasteiger partial charge in [-0.1, -0.05) is 37.3 Å². The molecule has 0 spiro atoms. The summed E-state index contributed by atoms with van der Waals surface area (Å²) in [6.45, 7) is 2.86. The van der Waals surface area contributed by atoms with E-state index in [9.17, 15) is 9.90 Å². The lowest BCUT2D eigenvalue weighted by Crippen LogP contribution is -2.30. The molecule has 0 heterocycles. The van der Waals surface area contributed by atoms with E-state index in [1.54, 1.807) is 6.07 Å². The summed E-state index contributed by atoms with van der Waals surface area (Å²) in [5.74, 6) is -0.116. The number of phenols is 1. The second-order valence-electron chi connectivity index (χ2n) is 5.72. The molecule has 1 amide bonds. The molecule has 3 heteroatoms. The number of aromatic hydroxyl groups is 1. The number of benzene rings is 2. The number of rotatable bonds is 4. The highest BCUT2D eigenvalue weighted by Gasteiger charge is 2.40. The van der Waals surface area contributed by atoms with Gasteiger partial charge in [-0.2, -0.15) is 0 Å². The Balaban J connectivity index is 1.82. The Morgan fingerprint density at radius 2 is 2.00 bits per heavy atom. The molecule has 2 aromatic carbocycles. The van der Waals surface area contributed by atoms with E-state index in [0.717, 1.165) is 17.2 Å². The molecule has 1 aliphatic rings. The fraction of sp³-hybridized carbons (Fsp3) is 0.353. The Morgan fingerprint density at radius 3 is 2.70 bits per heavy atom. The first-order valence-corrected chi connectivity index (χ1v) is 7.14. The van der Waals surface area contributed by atoms with E-state index >= 15 is 0 Å². The van der Waals surface area contributed by atoms with Gasteiger partial charge in [0.1, 0.15) is 5.75 Å². The molecule has 0 saturated heterocycles. The van der Waals surface area contributed by atoms with E-state index in [1.807, 2.05) is 30.3 Å². The van der Waals surface area contributed by atoms with Gasteiger partial charge in [0.15, 0.2) is 0 Å². The van der Waals surface area contributed by atoms with Crippen LogP contribution in [0.3, 0.4) is 0 Å². The Morgan fingerprint density at radius 1 is 1.25 bits per heavy atom. The van der Waals surface area contributed by atoms with Gasteiger partial charge in [0, 0.05) is 11.9 Å². The Labute approximate surface area is 118 Å². The third-order valence-corrected chi connectivity index (χ3v) is 4.48. The maximum Gasteiger partial charge on any atom is 0.255 e. The van der Waals surface area contributed by atoms with Crippen LogP contribution in [0.4, 0.5) is 0 Å². The van der Waals surface area contributed by atoms with Crippen molar-refractivity contribution in [2.24, 2.45) is 5.41 Å². The van der Waals surface area contributed by atoms with Gasteiger partial charge in [-0.25, -0.2) is 0 Å². The number of hydrogen-bond donors (Lipinski definition) is 2. The molecule has 2 aromatic rings. The van der Waals surface area contributed by atoms with Crippen LogP contribution in [0, 0.1) is 5.41 Å². The van der Waals surface area contributed by atoms with Crippen LogP contribution >= 0.6 is 0 Å². The van der Waals surface area contributed by atoms with Gasteiger partial charge in [0.05, 0.1) is 5.56 Å². The summed E-state index contributed by atoms with van der Waals surface area (Å²) in [6.07, 6.45) is 3.47. The van der Waals surface area contributed by atoms with Crippen molar-refractivity contribution in [3.05, 3.63) is 42.0 Å². The van der Waals surface area contributed by atoms with Crippen molar-refractivity contribution in [1.82, 2.24) is 5.32 Å². The number of nitrogens with one attached hydrogen (secondary N) is 1. The summed E-state index contributed by atoms with van der Waals surface area (Å²) in [5.41, 5.74) is 0.665. The molecule has 0 aliphatic heterocycles. The van der Waals surface area contributed by atoms with Crippen LogP contribution in [0.5, 0.6) is 5.75 Å². The fourth-order valence-electron chi connectivity index (χ4n) is 2.63. The molecule has 0 atom stereocenters. The molecule has 104 valence electrons. The highest BCUT2D eigenvalue weighted by atomic mass is 16.3. The zero-order chi connectivity index (χ0) is 14.2. The Bertz CT molecular complexity index is 659. The SMILES string of the molecule is CCC1(CNC(=O)c2ccc3ccccc3c2O)CC1. The average molecular weight is 269 g/mol. The number of hydrogen-bond acceptors (Lipinski definition) is 2. The molecule has 2 N–H and O–H groups in total. The first-order valence-electron chi connectivity index (χ1n) is 7.14. The van der Waals surface area contributed by atoms with E-state index < -0.39 is 0 Å². The van der Waals surface area contributed by atoms with E-state index in [1.165, 1.54) is 12.8 Å². The molecule has 1 fully saturated rings. The van der Waals surface area contributed by atoms with Crippen molar-refractivity contribution in [2.75, 3.05) is 6.54 Å². The predicted molar refractivity (Wildman–Crippen MR) is 79.9 cm³/mol. The normalized spacial score (nSPS) is 16.1. The molecule has 0 bridgehead atoms. The summed E-state index contributed by atoms with van der Waals surface area (Å²) in [7, 11) is 0. The fourth-order valence-corrected chi connectivity index (χ4v) is 2.63. The lowest BCUT2D eigenvalue weighted by atomic mass is 10.0. The standard InChI is InChI=1S/C17H19NO2/c1-2-17(9-10-17)11-18-16(20)14-8-7-12-5-3-4-6-13(12)15(14)19/h3-8,19H,2,9-11H2,1H3,(H,18,20). The molecule has 0 aromatic heterocycles. The second kappa shape index (κ2) is 4.82. The molecular weight excluding hydrogens is 250 g/mol. The summed E-state index contributed by atoms with van der Waals surface area (Å²) in [5, 5.41) is 14.9. The summed E-state index contributed by atoms with van der Waals surface area (Å²) in [4.78, 5) is 12.2. The van der Waals surface area contributed by atoms with Crippen molar-refractivity contribution >= 4 is 16.7 Å². The van der Waals surface area contributed by atoms with Crippen molar-refractivity contribution in [2.45, 2.75) is 26.2 Å². The minimum absolute atomic E-state index is 0.0712. The molecular formula is C17H19NO2. The number of carbonyl (C=O) groups excluding carboxylic acids is 1. The summed E-state index contributed by atoms with van der Waals surface area (Å²) in [6, 6.07) is 11.1. The predicted octanol–water partition coefficient (Wildman–Crippen LogP) is 3.47. The van der Waals surface area contributed by atoms with Gasteiger partial charge in [0.2, 0.25) is 0 Å². The van der Waals surface area contributed by atoms with Crippen LogP contribution < -0.4 is 5.32 Å². The van der Waals surface area contributed by atoms with Crippen molar-refractivity contribution < 1.29 is 9.90 Å². The Hall–Kier alpha value is -2.03. The van der Waals surface area contributed by atoms with Gasteiger partial charge >= 0.3 is 0 Å². The Kier molecular flexibility index (Phi) is 3.13. The largest absolute Gasteiger partial charge is 0.506 e. The lowest BCUT2D eigenvalue weighted by Gasteiger charge is -2.14. The highest BCUT2D eigenvalue weighted by Crippen LogP contribution is 2.47. The van der Waals surface area contributed by atoms with Crippen molar-refractivity contribution in [1.29, 1.82) is 0 Å². The van der Waals surface area contributed by atoms with Gasteiger partial charge in [-0.05, 0) is 36.1 Å². The van der Waals surface area contributed by atoms with E-state index in [0.29, 0.717) is 17.5 Å². The monoisotopic (exact) mass is 269 g/mol. The molecule has 1 saturated carbocycles. The molecule has 0 radical (unpaired) electrons. The van der Waals surface area contributed by atoms with Crippen LogP contribution in [-0.4, -0.2) is 17.6 Å². The number of carbonyl (C=O) groups is 1. The molecule has 3 nitrogen and oxygen atoms in total. The van der Waals surface area contributed by atoms with Crippen LogP contribution in [-0.2, 0) is 0 Å². The zero-order valence-electron chi connectivity index (χ0n) is 11.6. The maximum absolute atomic E-state index is 12.2. The van der Waals surface area contributed by atoms with E-state index in [-0.39, 0.29) is 11.7 Å².